The number of esters is 4. The van der Waals surface area contributed by atoms with Gasteiger partial charge in [0.1, 0.15) is 0 Å². The highest BCUT2D eigenvalue weighted by Gasteiger charge is 2.58. The summed E-state index contributed by atoms with van der Waals surface area (Å²) in [6.07, 6.45) is -3.25. The Balaban J connectivity index is 3.27. The van der Waals surface area contributed by atoms with Crippen molar-refractivity contribution < 1.29 is 42.9 Å². The zero-order chi connectivity index (χ0) is 20.6. The lowest BCUT2D eigenvalue weighted by Crippen LogP contribution is -2.66. The molecule has 0 aromatic carbocycles. The molecular formula is C18H28O9. The van der Waals surface area contributed by atoms with Gasteiger partial charge in [0.15, 0.2) is 12.2 Å². The second-order valence-electron chi connectivity index (χ2n) is 6.17. The number of carbonyl (C=O) groups excluding carboxylic acids is 4. The van der Waals surface area contributed by atoms with Crippen molar-refractivity contribution in [3.05, 3.63) is 0 Å². The summed E-state index contributed by atoms with van der Waals surface area (Å²) in [5, 5.41) is 0. The van der Waals surface area contributed by atoms with Crippen LogP contribution < -0.4 is 0 Å². The minimum atomic E-state index is -1.68. The first-order valence-electron chi connectivity index (χ1n) is 9.13. The van der Waals surface area contributed by atoms with Gasteiger partial charge in [0, 0.05) is 25.7 Å². The van der Waals surface area contributed by atoms with Crippen LogP contribution in [0.25, 0.3) is 0 Å². The number of ether oxygens (including phenoxy) is 5. The van der Waals surface area contributed by atoms with Gasteiger partial charge in [-0.2, -0.15) is 0 Å². The predicted molar refractivity (Wildman–Crippen MR) is 91.3 cm³/mol. The van der Waals surface area contributed by atoms with E-state index >= 15 is 0 Å². The van der Waals surface area contributed by atoms with Crippen LogP contribution in [0.5, 0.6) is 0 Å². The van der Waals surface area contributed by atoms with Gasteiger partial charge in [-0.1, -0.05) is 27.7 Å². The van der Waals surface area contributed by atoms with Crippen molar-refractivity contribution in [1.82, 2.24) is 0 Å². The Morgan fingerprint density at radius 3 is 1.81 bits per heavy atom. The highest BCUT2D eigenvalue weighted by molar-refractivity contribution is 5.72. The molecule has 0 saturated carbocycles. The smallest absolute Gasteiger partial charge is 0.307 e. The van der Waals surface area contributed by atoms with Gasteiger partial charge < -0.3 is 23.7 Å². The Morgan fingerprint density at radius 2 is 1.30 bits per heavy atom. The molecule has 9 heteroatoms. The fourth-order valence-corrected chi connectivity index (χ4v) is 2.48. The molecule has 4 atom stereocenters. The first-order valence-corrected chi connectivity index (χ1v) is 9.13. The number of carbonyl (C=O) groups is 4. The highest BCUT2D eigenvalue weighted by Crippen LogP contribution is 2.35. The van der Waals surface area contributed by atoms with E-state index in [0.717, 1.165) is 0 Å². The molecule has 0 aromatic rings. The molecule has 0 bridgehead atoms. The molecule has 0 aromatic heterocycles. The summed E-state index contributed by atoms with van der Waals surface area (Å²) >= 11 is 0. The zero-order valence-corrected chi connectivity index (χ0v) is 16.4. The number of hydrogen-bond acceptors (Lipinski definition) is 9. The van der Waals surface area contributed by atoms with Gasteiger partial charge in [-0.15, -0.1) is 0 Å². The number of rotatable bonds is 8. The third-order valence-corrected chi connectivity index (χ3v) is 4.05. The van der Waals surface area contributed by atoms with Crippen molar-refractivity contribution in [1.29, 1.82) is 0 Å². The Bertz CT molecular complexity index is 559. The largest absolute Gasteiger partial charge is 0.456 e. The van der Waals surface area contributed by atoms with Crippen LogP contribution in [0, 0.1) is 0 Å². The van der Waals surface area contributed by atoms with Gasteiger partial charge in [-0.05, 0) is 6.92 Å². The second-order valence-corrected chi connectivity index (χ2v) is 6.17. The topological polar surface area (TPSA) is 114 Å². The normalized spacial score (nSPS) is 27.4. The van der Waals surface area contributed by atoms with E-state index in [1.165, 1.54) is 6.92 Å². The third-order valence-electron chi connectivity index (χ3n) is 4.05. The van der Waals surface area contributed by atoms with E-state index in [-0.39, 0.29) is 32.3 Å². The van der Waals surface area contributed by atoms with Crippen molar-refractivity contribution in [2.75, 3.05) is 6.61 Å². The van der Waals surface area contributed by atoms with Crippen molar-refractivity contribution in [3.8, 4) is 0 Å². The van der Waals surface area contributed by atoms with E-state index in [0.29, 0.717) is 0 Å². The standard InChI is InChI=1S/C18H28O9/c1-6-12(19)24-11-10-23-17(26-14(21)8-3)18(5,27-15(22)9-4)16(11)25-13(20)7-2/h11,16-17H,6-10H2,1-5H3/t11-,16-,17+,18?/m1/s1. The van der Waals surface area contributed by atoms with Gasteiger partial charge in [0.05, 0.1) is 6.61 Å². The van der Waals surface area contributed by atoms with Crippen LogP contribution in [-0.2, 0) is 42.9 Å². The molecule has 1 heterocycles. The van der Waals surface area contributed by atoms with Crippen LogP contribution in [0.3, 0.4) is 0 Å². The molecule has 1 fully saturated rings. The van der Waals surface area contributed by atoms with E-state index < -0.39 is 48.0 Å². The Hall–Kier alpha value is -2.16. The fraction of sp³-hybridized carbons (Fsp3) is 0.778. The van der Waals surface area contributed by atoms with E-state index in [9.17, 15) is 19.2 Å². The minimum Gasteiger partial charge on any atom is -0.456 e. The van der Waals surface area contributed by atoms with Gasteiger partial charge in [-0.3, -0.25) is 19.2 Å². The SMILES string of the molecule is CCC(=O)O[C@@H]1OC[C@@H](OC(=O)CC)[C@@H](OC(=O)CC)C1(C)OC(=O)CC. The van der Waals surface area contributed by atoms with Gasteiger partial charge in [-0.25, -0.2) is 0 Å². The van der Waals surface area contributed by atoms with Crippen molar-refractivity contribution in [2.24, 2.45) is 0 Å². The molecule has 9 nitrogen and oxygen atoms in total. The van der Waals surface area contributed by atoms with E-state index in [1.807, 2.05) is 0 Å². The Morgan fingerprint density at radius 1 is 0.815 bits per heavy atom. The van der Waals surface area contributed by atoms with Crippen LogP contribution in [0.1, 0.15) is 60.3 Å². The van der Waals surface area contributed by atoms with Crippen molar-refractivity contribution >= 4 is 23.9 Å². The predicted octanol–water partition coefficient (Wildman–Crippen LogP) is 1.65. The monoisotopic (exact) mass is 388 g/mol. The summed E-state index contributed by atoms with van der Waals surface area (Å²) in [6, 6.07) is 0. The van der Waals surface area contributed by atoms with Crippen molar-refractivity contribution in [3.63, 3.8) is 0 Å². The summed E-state index contributed by atoms with van der Waals surface area (Å²) < 4.78 is 27.0. The van der Waals surface area contributed by atoms with Gasteiger partial charge >= 0.3 is 23.9 Å². The lowest BCUT2D eigenvalue weighted by Gasteiger charge is -2.46. The van der Waals surface area contributed by atoms with E-state index in [2.05, 4.69) is 0 Å². The summed E-state index contributed by atoms with van der Waals surface area (Å²) in [5.74, 6) is -2.31. The molecule has 0 amide bonds. The lowest BCUT2D eigenvalue weighted by atomic mass is 9.90. The van der Waals surface area contributed by atoms with Crippen LogP contribution in [-0.4, -0.2) is 54.6 Å². The maximum atomic E-state index is 12.0. The summed E-state index contributed by atoms with van der Waals surface area (Å²) in [4.78, 5) is 47.5. The molecule has 1 unspecified atom stereocenters. The first-order chi connectivity index (χ1) is 12.7. The van der Waals surface area contributed by atoms with E-state index in [4.69, 9.17) is 23.7 Å². The molecule has 154 valence electrons. The maximum Gasteiger partial charge on any atom is 0.307 e. The molecule has 27 heavy (non-hydrogen) atoms. The second kappa shape index (κ2) is 10.2. The molecular weight excluding hydrogens is 360 g/mol. The van der Waals surface area contributed by atoms with Crippen molar-refractivity contribution in [2.45, 2.75) is 84.4 Å². The van der Waals surface area contributed by atoms with Crippen LogP contribution in [0.4, 0.5) is 0 Å². The quantitative estimate of drug-likeness (QED) is 0.452. The third kappa shape index (κ3) is 5.92. The van der Waals surface area contributed by atoms with Crippen LogP contribution in [0.15, 0.2) is 0 Å². The zero-order valence-electron chi connectivity index (χ0n) is 16.4. The molecule has 1 aliphatic rings. The fourth-order valence-electron chi connectivity index (χ4n) is 2.48. The van der Waals surface area contributed by atoms with Crippen LogP contribution in [0.2, 0.25) is 0 Å². The average Bonchev–Trinajstić information content (AvgIpc) is 2.66. The van der Waals surface area contributed by atoms with E-state index in [1.54, 1.807) is 27.7 Å². The maximum absolute atomic E-state index is 12.0. The molecule has 1 saturated heterocycles. The van der Waals surface area contributed by atoms with Crippen LogP contribution >= 0.6 is 0 Å². The summed E-state index contributed by atoms with van der Waals surface area (Å²) in [6.45, 7) is 7.63. The summed E-state index contributed by atoms with van der Waals surface area (Å²) in [7, 11) is 0. The summed E-state index contributed by atoms with van der Waals surface area (Å²) in [5.41, 5.74) is -1.68. The Labute approximate surface area is 158 Å². The molecule has 1 rings (SSSR count). The first kappa shape index (κ1) is 22.9. The molecule has 1 aliphatic heterocycles. The number of hydrogen-bond donors (Lipinski definition) is 0. The molecule has 0 radical (unpaired) electrons. The minimum absolute atomic E-state index is 0.0396. The highest BCUT2D eigenvalue weighted by atomic mass is 16.7. The Kier molecular flexibility index (Phi) is 8.68. The molecule has 0 spiro atoms. The van der Waals surface area contributed by atoms with Gasteiger partial charge in [0.25, 0.3) is 0 Å². The van der Waals surface area contributed by atoms with Gasteiger partial charge in [0.2, 0.25) is 11.9 Å². The molecule has 0 N–H and O–H groups in total. The molecule has 0 aliphatic carbocycles. The average molecular weight is 388 g/mol. The lowest BCUT2D eigenvalue weighted by molar-refractivity contribution is -0.309.